The van der Waals surface area contributed by atoms with Gasteiger partial charge in [0.15, 0.2) is 0 Å². The van der Waals surface area contributed by atoms with Crippen molar-refractivity contribution >= 4 is 11.9 Å². The quantitative estimate of drug-likeness (QED) is 0.434. The maximum atomic E-state index is 12.0. The lowest BCUT2D eigenvalue weighted by atomic mass is 10.2. The third kappa shape index (κ3) is 8.13. The second-order valence-corrected chi connectivity index (χ2v) is 6.03. The van der Waals surface area contributed by atoms with E-state index >= 15 is 0 Å². The standard InChI is InChI=1S/C22H27NO6/c1-3-13-27-19-9-11-20(12-10-19)28-14-15-29-21(24)16-23-22(25)17-5-7-18(8-6-17)26-4-2/h5-12H,3-4,13-16H2,1-2H3,(H,23,25). The van der Waals surface area contributed by atoms with E-state index in [1.807, 2.05) is 26.0 Å². The summed E-state index contributed by atoms with van der Waals surface area (Å²) in [7, 11) is 0. The average molecular weight is 401 g/mol. The van der Waals surface area contributed by atoms with Crippen LogP contribution in [0.5, 0.6) is 17.2 Å². The van der Waals surface area contributed by atoms with Crippen LogP contribution in [0.3, 0.4) is 0 Å². The molecule has 0 spiro atoms. The summed E-state index contributed by atoms with van der Waals surface area (Å²) in [6, 6.07) is 13.9. The predicted octanol–water partition coefficient (Wildman–Crippen LogP) is 3.23. The molecule has 0 aliphatic rings. The molecule has 0 fully saturated rings. The highest BCUT2D eigenvalue weighted by molar-refractivity contribution is 5.96. The van der Waals surface area contributed by atoms with Crippen LogP contribution in [0, 0.1) is 0 Å². The summed E-state index contributed by atoms with van der Waals surface area (Å²) in [5, 5.41) is 2.52. The number of rotatable bonds is 12. The first-order valence-corrected chi connectivity index (χ1v) is 9.64. The van der Waals surface area contributed by atoms with Gasteiger partial charge >= 0.3 is 5.97 Å². The molecule has 0 radical (unpaired) electrons. The van der Waals surface area contributed by atoms with Crippen molar-refractivity contribution in [2.45, 2.75) is 20.3 Å². The normalized spacial score (nSPS) is 10.1. The second kappa shape index (κ2) is 12.3. The maximum Gasteiger partial charge on any atom is 0.325 e. The van der Waals surface area contributed by atoms with E-state index in [4.69, 9.17) is 18.9 Å². The molecule has 0 aliphatic heterocycles. The summed E-state index contributed by atoms with van der Waals surface area (Å²) in [4.78, 5) is 23.8. The Kier molecular flexibility index (Phi) is 9.35. The highest BCUT2D eigenvalue weighted by Gasteiger charge is 2.09. The number of esters is 1. The highest BCUT2D eigenvalue weighted by Crippen LogP contribution is 2.17. The first-order chi connectivity index (χ1) is 14.1. The molecule has 0 heterocycles. The molecule has 156 valence electrons. The van der Waals surface area contributed by atoms with Gasteiger partial charge in [-0.05, 0) is 61.9 Å². The van der Waals surface area contributed by atoms with Crippen LogP contribution in [-0.4, -0.2) is 44.8 Å². The molecule has 0 unspecified atom stereocenters. The minimum absolute atomic E-state index is 0.0891. The molecule has 2 rings (SSSR count). The number of ether oxygens (including phenoxy) is 4. The van der Waals surface area contributed by atoms with E-state index in [9.17, 15) is 9.59 Å². The second-order valence-electron chi connectivity index (χ2n) is 6.03. The smallest absolute Gasteiger partial charge is 0.325 e. The van der Waals surface area contributed by atoms with Gasteiger partial charge in [0, 0.05) is 5.56 Å². The number of nitrogens with one attached hydrogen (secondary N) is 1. The van der Waals surface area contributed by atoms with Crippen molar-refractivity contribution in [1.29, 1.82) is 0 Å². The van der Waals surface area contributed by atoms with Crippen LogP contribution in [0.4, 0.5) is 0 Å². The third-order valence-corrected chi connectivity index (χ3v) is 3.73. The molecule has 1 N–H and O–H groups in total. The fourth-order valence-electron chi connectivity index (χ4n) is 2.34. The largest absolute Gasteiger partial charge is 0.494 e. The van der Waals surface area contributed by atoms with E-state index in [0.717, 1.165) is 12.2 Å². The first-order valence-electron chi connectivity index (χ1n) is 9.64. The van der Waals surface area contributed by atoms with Crippen LogP contribution in [-0.2, 0) is 9.53 Å². The zero-order valence-electron chi connectivity index (χ0n) is 16.8. The summed E-state index contributed by atoms with van der Waals surface area (Å²) in [5.41, 5.74) is 0.441. The Labute approximate surface area is 170 Å². The fraction of sp³-hybridized carbons (Fsp3) is 0.364. The van der Waals surface area contributed by atoms with Crippen LogP contribution in [0.1, 0.15) is 30.6 Å². The molecule has 7 nitrogen and oxygen atoms in total. The molecular formula is C22H27NO6. The van der Waals surface area contributed by atoms with Crippen molar-refractivity contribution in [2.24, 2.45) is 0 Å². The maximum absolute atomic E-state index is 12.0. The van der Waals surface area contributed by atoms with Gasteiger partial charge < -0.3 is 24.3 Å². The predicted molar refractivity (Wildman–Crippen MR) is 109 cm³/mol. The average Bonchev–Trinajstić information content (AvgIpc) is 2.75. The zero-order valence-corrected chi connectivity index (χ0v) is 16.8. The van der Waals surface area contributed by atoms with E-state index in [2.05, 4.69) is 5.32 Å². The summed E-state index contributed by atoms with van der Waals surface area (Å²) < 4.78 is 21.4. The zero-order chi connectivity index (χ0) is 20.9. The summed E-state index contributed by atoms with van der Waals surface area (Å²) in [5.74, 6) is 1.25. The van der Waals surface area contributed by atoms with Gasteiger partial charge in [0.25, 0.3) is 5.91 Å². The summed E-state index contributed by atoms with van der Waals surface area (Å²) >= 11 is 0. The minimum Gasteiger partial charge on any atom is -0.494 e. The number of carbonyl (C=O) groups is 2. The van der Waals surface area contributed by atoms with E-state index < -0.39 is 5.97 Å². The van der Waals surface area contributed by atoms with E-state index in [0.29, 0.717) is 30.3 Å². The molecule has 7 heteroatoms. The van der Waals surface area contributed by atoms with Crippen LogP contribution in [0.15, 0.2) is 48.5 Å². The van der Waals surface area contributed by atoms with Gasteiger partial charge in [-0.15, -0.1) is 0 Å². The van der Waals surface area contributed by atoms with Crippen molar-refractivity contribution in [3.05, 3.63) is 54.1 Å². The van der Waals surface area contributed by atoms with Gasteiger partial charge in [-0.25, -0.2) is 0 Å². The van der Waals surface area contributed by atoms with Crippen molar-refractivity contribution in [1.82, 2.24) is 5.32 Å². The Hall–Kier alpha value is -3.22. The molecular weight excluding hydrogens is 374 g/mol. The van der Waals surface area contributed by atoms with Gasteiger partial charge in [0.05, 0.1) is 13.2 Å². The number of amides is 1. The van der Waals surface area contributed by atoms with Crippen LogP contribution in [0.25, 0.3) is 0 Å². The topological polar surface area (TPSA) is 83.1 Å². The summed E-state index contributed by atoms with van der Waals surface area (Å²) in [6.45, 7) is 5.25. The molecule has 0 atom stereocenters. The van der Waals surface area contributed by atoms with Crippen LogP contribution < -0.4 is 19.5 Å². The van der Waals surface area contributed by atoms with E-state index in [1.165, 1.54) is 0 Å². The first kappa shape index (κ1) is 22.1. The molecule has 0 bridgehead atoms. The van der Waals surface area contributed by atoms with Gasteiger partial charge in [-0.1, -0.05) is 6.92 Å². The number of benzene rings is 2. The Bertz CT molecular complexity index is 758. The molecule has 29 heavy (non-hydrogen) atoms. The molecule has 0 aromatic heterocycles. The van der Waals surface area contributed by atoms with Gasteiger partial charge in [-0.2, -0.15) is 0 Å². The molecule has 2 aromatic rings. The van der Waals surface area contributed by atoms with Crippen LogP contribution in [0.2, 0.25) is 0 Å². The Morgan fingerprint density at radius 1 is 0.759 bits per heavy atom. The Morgan fingerprint density at radius 2 is 1.31 bits per heavy atom. The van der Waals surface area contributed by atoms with E-state index in [-0.39, 0.29) is 25.7 Å². The molecule has 1 amide bonds. The lowest BCUT2D eigenvalue weighted by Crippen LogP contribution is -2.31. The molecule has 0 aliphatic carbocycles. The van der Waals surface area contributed by atoms with Crippen molar-refractivity contribution in [3.8, 4) is 17.2 Å². The van der Waals surface area contributed by atoms with E-state index in [1.54, 1.807) is 36.4 Å². The Morgan fingerprint density at radius 3 is 1.90 bits per heavy atom. The Balaban J connectivity index is 1.62. The van der Waals surface area contributed by atoms with Gasteiger partial charge in [0.1, 0.15) is 37.0 Å². The van der Waals surface area contributed by atoms with Gasteiger partial charge in [0.2, 0.25) is 0 Å². The molecule has 0 saturated carbocycles. The number of hydrogen-bond donors (Lipinski definition) is 1. The van der Waals surface area contributed by atoms with Crippen LogP contribution >= 0.6 is 0 Å². The SMILES string of the molecule is CCCOc1ccc(OCCOC(=O)CNC(=O)c2ccc(OCC)cc2)cc1. The molecule has 2 aromatic carbocycles. The summed E-state index contributed by atoms with van der Waals surface area (Å²) in [6.07, 6.45) is 0.949. The monoisotopic (exact) mass is 401 g/mol. The number of hydrogen-bond acceptors (Lipinski definition) is 6. The lowest BCUT2D eigenvalue weighted by molar-refractivity contribution is -0.143. The highest BCUT2D eigenvalue weighted by atomic mass is 16.6. The lowest BCUT2D eigenvalue weighted by Gasteiger charge is -2.09. The van der Waals surface area contributed by atoms with Crippen molar-refractivity contribution < 1.29 is 28.5 Å². The van der Waals surface area contributed by atoms with Gasteiger partial charge in [-0.3, -0.25) is 9.59 Å². The minimum atomic E-state index is -0.531. The van der Waals surface area contributed by atoms with Crippen molar-refractivity contribution in [3.63, 3.8) is 0 Å². The molecule has 0 saturated heterocycles. The fourth-order valence-corrected chi connectivity index (χ4v) is 2.34. The number of carbonyl (C=O) groups excluding carboxylic acids is 2. The van der Waals surface area contributed by atoms with Crippen molar-refractivity contribution in [2.75, 3.05) is 33.0 Å². The third-order valence-electron chi connectivity index (χ3n) is 3.73.